The molecule has 0 spiro atoms. The maximum Gasteiger partial charge on any atom is 0.339 e. The van der Waals surface area contributed by atoms with Crippen molar-refractivity contribution in [2.24, 2.45) is 0 Å². The number of hydrogen-bond donors (Lipinski definition) is 1. The SMILES string of the molecule is CCC(C)N(C)c1nc(Cl)ccc1C(=O)O. The molecule has 4 nitrogen and oxygen atoms in total. The van der Waals surface area contributed by atoms with Gasteiger partial charge in [0.25, 0.3) is 0 Å². The van der Waals surface area contributed by atoms with E-state index in [0.29, 0.717) is 11.0 Å². The largest absolute Gasteiger partial charge is 0.478 e. The molecule has 88 valence electrons. The van der Waals surface area contributed by atoms with E-state index in [9.17, 15) is 4.79 Å². The highest BCUT2D eigenvalue weighted by atomic mass is 35.5. The van der Waals surface area contributed by atoms with Crippen molar-refractivity contribution < 1.29 is 9.90 Å². The average molecular weight is 243 g/mol. The van der Waals surface area contributed by atoms with E-state index in [2.05, 4.69) is 4.98 Å². The molecule has 0 radical (unpaired) electrons. The first kappa shape index (κ1) is 12.8. The lowest BCUT2D eigenvalue weighted by Gasteiger charge is -2.26. The molecule has 0 aliphatic carbocycles. The van der Waals surface area contributed by atoms with Crippen molar-refractivity contribution in [3.8, 4) is 0 Å². The monoisotopic (exact) mass is 242 g/mol. The molecule has 0 aliphatic rings. The second-order valence-electron chi connectivity index (χ2n) is 3.68. The molecule has 0 amide bonds. The first-order valence-electron chi connectivity index (χ1n) is 5.10. The molecule has 1 unspecified atom stereocenters. The average Bonchev–Trinajstić information content (AvgIpc) is 2.26. The summed E-state index contributed by atoms with van der Waals surface area (Å²) in [4.78, 5) is 16.9. The van der Waals surface area contributed by atoms with Gasteiger partial charge in [-0.05, 0) is 25.5 Å². The van der Waals surface area contributed by atoms with E-state index < -0.39 is 5.97 Å². The standard InChI is InChI=1S/C11H15ClN2O2/c1-4-7(2)14(3)10-8(11(15)16)5-6-9(12)13-10/h5-7H,4H2,1-3H3,(H,15,16). The number of aromatic carboxylic acids is 1. The van der Waals surface area contributed by atoms with E-state index in [1.807, 2.05) is 25.8 Å². The van der Waals surface area contributed by atoms with Gasteiger partial charge in [-0.1, -0.05) is 18.5 Å². The molecule has 1 atom stereocenters. The van der Waals surface area contributed by atoms with Crippen LogP contribution in [0.3, 0.4) is 0 Å². The molecule has 0 saturated carbocycles. The number of carboxylic acid groups (broad SMARTS) is 1. The number of rotatable bonds is 4. The Kier molecular flexibility index (Phi) is 4.12. The van der Waals surface area contributed by atoms with Gasteiger partial charge in [0.2, 0.25) is 0 Å². The van der Waals surface area contributed by atoms with Crippen molar-refractivity contribution in [2.75, 3.05) is 11.9 Å². The van der Waals surface area contributed by atoms with Crippen LogP contribution in [0.15, 0.2) is 12.1 Å². The Bertz CT molecular complexity index is 396. The maximum atomic E-state index is 11.0. The first-order chi connectivity index (χ1) is 7.47. The first-order valence-corrected chi connectivity index (χ1v) is 5.47. The van der Waals surface area contributed by atoms with Crippen molar-refractivity contribution >= 4 is 23.4 Å². The third-order valence-electron chi connectivity index (χ3n) is 2.66. The molecule has 1 rings (SSSR count). The number of halogens is 1. The molecule has 1 heterocycles. The Morgan fingerprint density at radius 1 is 1.62 bits per heavy atom. The van der Waals surface area contributed by atoms with Crippen LogP contribution in [0.4, 0.5) is 5.82 Å². The summed E-state index contributed by atoms with van der Waals surface area (Å²) in [7, 11) is 1.82. The Hall–Kier alpha value is -1.29. The van der Waals surface area contributed by atoms with Crippen LogP contribution in [0.25, 0.3) is 0 Å². The predicted octanol–water partition coefficient (Wildman–Crippen LogP) is 2.67. The Morgan fingerprint density at radius 2 is 2.25 bits per heavy atom. The lowest BCUT2D eigenvalue weighted by molar-refractivity contribution is 0.0697. The fourth-order valence-electron chi connectivity index (χ4n) is 1.34. The van der Waals surface area contributed by atoms with E-state index in [4.69, 9.17) is 16.7 Å². The zero-order valence-corrected chi connectivity index (χ0v) is 10.3. The van der Waals surface area contributed by atoms with Gasteiger partial charge in [-0.15, -0.1) is 0 Å². The van der Waals surface area contributed by atoms with E-state index in [0.717, 1.165) is 6.42 Å². The lowest BCUT2D eigenvalue weighted by Crippen LogP contribution is -2.30. The molecule has 1 aromatic heterocycles. The zero-order valence-electron chi connectivity index (χ0n) is 9.57. The van der Waals surface area contributed by atoms with E-state index >= 15 is 0 Å². The van der Waals surface area contributed by atoms with Gasteiger partial charge in [0.05, 0.1) is 0 Å². The van der Waals surface area contributed by atoms with Gasteiger partial charge in [0, 0.05) is 13.1 Å². The van der Waals surface area contributed by atoms with Gasteiger partial charge in [-0.3, -0.25) is 0 Å². The Balaban J connectivity index is 3.19. The van der Waals surface area contributed by atoms with Gasteiger partial charge >= 0.3 is 5.97 Å². The van der Waals surface area contributed by atoms with Crippen molar-refractivity contribution in [2.45, 2.75) is 26.3 Å². The second-order valence-corrected chi connectivity index (χ2v) is 4.07. The van der Waals surface area contributed by atoms with Crippen LogP contribution in [0.5, 0.6) is 0 Å². The van der Waals surface area contributed by atoms with Crippen LogP contribution in [-0.2, 0) is 0 Å². The highest BCUT2D eigenvalue weighted by Crippen LogP contribution is 2.22. The molecule has 5 heteroatoms. The zero-order chi connectivity index (χ0) is 12.3. The summed E-state index contributed by atoms with van der Waals surface area (Å²) in [5.41, 5.74) is 0.173. The summed E-state index contributed by atoms with van der Waals surface area (Å²) in [6.45, 7) is 4.04. The summed E-state index contributed by atoms with van der Waals surface area (Å²) in [6.07, 6.45) is 0.907. The molecule has 0 saturated heterocycles. The number of hydrogen-bond acceptors (Lipinski definition) is 3. The van der Waals surface area contributed by atoms with Gasteiger partial charge in [0.15, 0.2) is 0 Å². The van der Waals surface area contributed by atoms with Crippen LogP contribution >= 0.6 is 11.6 Å². The van der Waals surface area contributed by atoms with Crippen LogP contribution in [0.1, 0.15) is 30.6 Å². The number of aromatic nitrogens is 1. The normalized spacial score (nSPS) is 12.2. The van der Waals surface area contributed by atoms with E-state index in [-0.39, 0.29) is 11.6 Å². The number of carboxylic acids is 1. The summed E-state index contributed by atoms with van der Waals surface area (Å²) < 4.78 is 0. The van der Waals surface area contributed by atoms with Crippen molar-refractivity contribution in [3.05, 3.63) is 22.8 Å². The number of pyridine rings is 1. The van der Waals surface area contributed by atoms with Crippen LogP contribution in [-0.4, -0.2) is 29.1 Å². The van der Waals surface area contributed by atoms with Gasteiger partial charge in [-0.25, -0.2) is 9.78 Å². The van der Waals surface area contributed by atoms with Crippen LogP contribution in [0, 0.1) is 0 Å². The quantitative estimate of drug-likeness (QED) is 0.825. The molecule has 16 heavy (non-hydrogen) atoms. The minimum Gasteiger partial charge on any atom is -0.478 e. The van der Waals surface area contributed by atoms with Crippen molar-refractivity contribution in [3.63, 3.8) is 0 Å². The van der Waals surface area contributed by atoms with E-state index in [1.54, 1.807) is 0 Å². The van der Waals surface area contributed by atoms with Gasteiger partial charge < -0.3 is 10.0 Å². The molecular weight excluding hydrogens is 228 g/mol. The Labute approximate surface area is 99.9 Å². The van der Waals surface area contributed by atoms with Crippen molar-refractivity contribution in [1.29, 1.82) is 0 Å². The van der Waals surface area contributed by atoms with Crippen LogP contribution < -0.4 is 4.90 Å². The lowest BCUT2D eigenvalue weighted by atomic mass is 10.2. The highest BCUT2D eigenvalue weighted by molar-refractivity contribution is 6.29. The fourth-order valence-corrected chi connectivity index (χ4v) is 1.49. The summed E-state index contributed by atoms with van der Waals surface area (Å²) in [6, 6.07) is 3.18. The molecule has 1 N–H and O–H groups in total. The summed E-state index contributed by atoms with van der Waals surface area (Å²) in [5, 5.41) is 9.35. The highest BCUT2D eigenvalue weighted by Gasteiger charge is 2.18. The predicted molar refractivity (Wildman–Crippen MR) is 64.4 cm³/mol. The molecular formula is C11H15ClN2O2. The number of anilines is 1. The second kappa shape index (κ2) is 5.16. The van der Waals surface area contributed by atoms with Gasteiger partial charge in [-0.2, -0.15) is 0 Å². The Morgan fingerprint density at radius 3 is 2.75 bits per heavy atom. The third-order valence-corrected chi connectivity index (χ3v) is 2.87. The molecule has 0 aliphatic heterocycles. The third kappa shape index (κ3) is 2.64. The smallest absolute Gasteiger partial charge is 0.339 e. The molecule has 0 fully saturated rings. The molecule has 0 aromatic carbocycles. The maximum absolute atomic E-state index is 11.0. The number of carbonyl (C=O) groups is 1. The summed E-state index contributed by atoms with van der Waals surface area (Å²) >= 11 is 5.78. The fraction of sp³-hybridized carbons (Fsp3) is 0.455. The van der Waals surface area contributed by atoms with Crippen molar-refractivity contribution in [1.82, 2.24) is 4.98 Å². The minimum atomic E-state index is -0.991. The molecule has 0 bridgehead atoms. The topological polar surface area (TPSA) is 53.4 Å². The number of nitrogens with zero attached hydrogens (tertiary/aromatic N) is 2. The molecule has 1 aromatic rings. The van der Waals surface area contributed by atoms with Gasteiger partial charge in [0.1, 0.15) is 16.5 Å². The minimum absolute atomic E-state index is 0.173. The van der Waals surface area contributed by atoms with Crippen LogP contribution in [0.2, 0.25) is 5.15 Å². The van der Waals surface area contributed by atoms with E-state index in [1.165, 1.54) is 12.1 Å². The summed E-state index contributed by atoms with van der Waals surface area (Å²) in [5.74, 6) is -0.580.